The van der Waals surface area contributed by atoms with Crippen molar-refractivity contribution < 1.29 is 14.0 Å². The fourth-order valence-electron chi connectivity index (χ4n) is 4.60. The molecule has 0 radical (unpaired) electrons. The lowest BCUT2D eigenvalue weighted by Crippen LogP contribution is -2.45. The Labute approximate surface area is 211 Å². The van der Waals surface area contributed by atoms with Crippen LogP contribution in [-0.4, -0.2) is 58.6 Å². The summed E-state index contributed by atoms with van der Waals surface area (Å²) in [7, 11) is 1.87. The predicted octanol–water partition coefficient (Wildman–Crippen LogP) is 5.33. The van der Waals surface area contributed by atoms with E-state index < -0.39 is 0 Å². The maximum absolute atomic E-state index is 13.4. The zero-order valence-electron chi connectivity index (χ0n) is 20.8. The quantitative estimate of drug-likeness (QED) is 0.397. The van der Waals surface area contributed by atoms with Gasteiger partial charge >= 0.3 is 6.03 Å². The summed E-state index contributed by atoms with van der Waals surface area (Å²) in [6.07, 6.45) is 5.18. The Kier molecular flexibility index (Phi) is 8.71. The summed E-state index contributed by atoms with van der Waals surface area (Å²) in [5.41, 5.74) is 3.32. The fourth-order valence-corrected chi connectivity index (χ4v) is 4.60. The third-order valence-corrected chi connectivity index (χ3v) is 6.72. The number of aromatic amines is 1. The number of anilines is 1. The number of piperidine rings is 1. The van der Waals surface area contributed by atoms with Gasteiger partial charge in [0.05, 0.1) is 5.69 Å². The van der Waals surface area contributed by atoms with Crippen molar-refractivity contribution in [2.75, 3.05) is 32.0 Å². The maximum Gasteiger partial charge on any atom is 0.321 e. The monoisotopic (exact) mass is 491 g/mol. The number of nitrogens with one attached hydrogen (secondary N) is 2. The number of hydrogen-bond donors (Lipinski definition) is 2. The van der Waals surface area contributed by atoms with E-state index in [1.165, 1.54) is 12.1 Å². The number of aromatic nitrogens is 2. The van der Waals surface area contributed by atoms with Gasteiger partial charge in [0.15, 0.2) is 0 Å². The van der Waals surface area contributed by atoms with Crippen LogP contribution in [-0.2, 0) is 11.2 Å². The molecule has 2 heterocycles. The second-order valence-electron chi connectivity index (χ2n) is 9.42. The molecule has 1 fully saturated rings. The van der Waals surface area contributed by atoms with Crippen LogP contribution < -0.4 is 5.32 Å². The summed E-state index contributed by atoms with van der Waals surface area (Å²) in [5.74, 6) is -0.122. The Morgan fingerprint density at radius 1 is 1.06 bits per heavy atom. The number of rotatable bonds is 9. The first kappa shape index (κ1) is 25.4. The highest BCUT2D eigenvalue weighted by Crippen LogP contribution is 2.21. The first-order chi connectivity index (χ1) is 17.5. The van der Waals surface area contributed by atoms with E-state index in [4.69, 9.17) is 0 Å². The van der Waals surface area contributed by atoms with E-state index >= 15 is 0 Å². The Hall–Kier alpha value is -3.68. The van der Waals surface area contributed by atoms with Gasteiger partial charge in [0.1, 0.15) is 5.82 Å². The second-order valence-corrected chi connectivity index (χ2v) is 9.42. The van der Waals surface area contributed by atoms with Crippen LogP contribution in [0.4, 0.5) is 14.9 Å². The van der Waals surface area contributed by atoms with Crippen molar-refractivity contribution in [1.82, 2.24) is 20.0 Å². The van der Waals surface area contributed by atoms with E-state index in [0.717, 1.165) is 54.9 Å². The number of nitrogens with zero attached hydrogens (tertiary/aromatic N) is 3. The minimum absolute atomic E-state index is 0.0259. The number of aryl methyl sites for hydroxylation is 1. The third-order valence-electron chi connectivity index (χ3n) is 6.72. The van der Waals surface area contributed by atoms with Gasteiger partial charge in [0, 0.05) is 49.5 Å². The molecule has 2 N–H and O–H groups in total. The molecule has 0 spiro atoms. The third kappa shape index (κ3) is 6.93. The number of amides is 3. The molecule has 1 aliphatic rings. The molecule has 190 valence electrons. The lowest BCUT2D eigenvalue weighted by Gasteiger charge is -2.33. The number of para-hydroxylation sites is 1. The molecule has 2 aromatic carbocycles. The van der Waals surface area contributed by atoms with Crippen LogP contribution in [0, 0.1) is 11.7 Å². The Morgan fingerprint density at radius 3 is 2.58 bits per heavy atom. The highest BCUT2D eigenvalue weighted by atomic mass is 19.1. The van der Waals surface area contributed by atoms with Crippen molar-refractivity contribution in [3.05, 3.63) is 72.2 Å². The number of halogens is 1. The Bertz CT molecular complexity index is 1140. The van der Waals surface area contributed by atoms with Gasteiger partial charge in [0.2, 0.25) is 5.91 Å². The molecule has 1 saturated heterocycles. The highest BCUT2D eigenvalue weighted by Gasteiger charge is 2.29. The number of likely N-dealkylation sites (tertiary alicyclic amines) is 1. The van der Waals surface area contributed by atoms with Crippen LogP contribution in [0.2, 0.25) is 0 Å². The standard InChI is InChI=1S/C28H34FN5O2/c1-33(16-7-3-6-13-25-20-26(32-31-25)22-9-8-10-23(29)19-22)27(35)21-14-17-34(18-15-21)28(36)30-24-11-4-2-5-12-24/h2,4-5,8-12,19-21H,3,6-7,13-18H2,1H3,(H,30,36)(H,31,32). The molecular formula is C28H34FN5O2. The molecule has 0 atom stereocenters. The average Bonchev–Trinajstić information content (AvgIpc) is 3.38. The molecule has 3 aromatic rings. The van der Waals surface area contributed by atoms with Gasteiger partial charge in [-0.1, -0.05) is 36.8 Å². The molecule has 8 heteroatoms. The summed E-state index contributed by atoms with van der Waals surface area (Å²) < 4.78 is 13.4. The number of hydrogen-bond acceptors (Lipinski definition) is 3. The molecule has 0 saturated carbocycles. The highest BCUT2D eigenvalue weighted by molar-refractivity contribution is 5.89. The van der Waals surface area contributed by atoms with Crippen molar-refractivity contribution in [1.29, 1.82) is 0 Å². The topological polar surface area (TPSA) is 81.3 Å². The van der Waals surface area contributed by atoms with Crippen LogP contribution in [0.15, 0.2) is 60.7 Å². The predicted molar refractivity (Wildman–Crippen MR) is 139 cm³/mol. The fraction of sp³-hybridized carbons (Fsp3) is 0.393. The number of urea groups is 1. The number of unbranched alkanes of at least 4 members (excludes halogenated alkanes) is 2. The van der Waals surface area contributed by atoms with Gasteiger partial charge in [0.25, 0.3) is 0 Å². The van der Waals surface area contributed by atoms with E-state index in [2.05, 4.69) is 15.5 Å². The minimum Gasteiger partial charge on any atom is -0.346 e. The van der Waals surface area contributed by atoms with Crippen molar-refractivity contribution >= 4 is 17.6 Å². The summed E-state index contributed by atoms with van der Waals surface area (Å²) in [4.78, 5) is 29.0. The Balaban J connectivity index is 1.12. The average molecular weight is 492 g/mol. The Morgan fingerprint density at radius 2 is 1.83 bits per heavy atom. The molecule has 3 amide bonds. The van der Waals surface area contributed by atoms with Crippen LogP contribution in [0.25, 0.3) is 11.3 Å². The molecule has 4 rings (SSSR count). The number of carbonyl (C=O) groups is 2. The zero-order chi connectivity index (χ0) is 25.3. The van der Waals surface area contributed by atoms with Crippen molar-refractivity contribution in [2.45, 2.75) is 38.5 Å². The molecule has 0 bridgehead atoms. The van der Waals surface area contributed by atoms with E-state index in [0.29, 0.717) is 25.9 Å². The normalized spacial score (nSPS) is 14.0. The van der Waals surface area contributed by atoms with E-state index in [9.17, 15) is 14.0 Å². The van der Waals surface area contributed by atoms with Crippen molar-refractivity contribution in [2.24, 2.45) is 5.92 Å². The van der Waals surface area contributed by atoms with Crippen LogP contribution >= 0.6 is 0 Å². The maximum atomic E-state index is 13.4. The largest absolute Gasteiger partial charge is 0.346 e. The zero-order valence-corrected chi connectivity index (χ0v) is 20.8. The first-order valence-electron chi connectivity index (χ1n) is 12.7. The van der Waals surface area contributed by atoms with Crippen LogP contribution in [0.5, 0.6) is 0 Å². The SMILES string of the molecule is CN(CCCCCc1cc(-c2cccc(F)c2)n[nH]1)C(=O)C1CCN(C(=O)Nc2ccccc2)CC1. The lowest BCUT2D eigenvalue weighted by molar-refractivity contribution is -0.135. The summed E-state index contributed by atoms with van der Waals surface area (Å²) >= 11 is 0. The number of carbonyl (C=O) groups excluding carboxylic acids is 2. The lowest BCUT2D eigenvalue weighted by atomic mass is 9.95. The van der Waals surface area contributed by atoms with Gasteiger partial charge in [-0.15, -0.1) is 0 Å². The van der Waals surface area contributed by atoms with Crippen LogP contribution in [0.1, 0.15) is 37.8 Å². The smallest absolute Gasteiger partial charge is 0.321 e. The molecule has 36 heavy (non-hydrogen) atoms. The second kappa shape index (κ2) is 12.3. The minimum atomic E-state index is -0.269. The molecule has 7 nitrogen and oxygen atoms in total. The molecule has 1 aromatic heterocycles. The van der Waals surface area contributed by atoms with E-state index in [1.807, 2.05) is 54.4 Å². The van der Waals surface area contributed by atoms with Crippen LogP contribution in [0.3, 0.4) is 0 Å². The number of benzene rings is 2. The van der Waals surface area contributed by atoms with Crippen molar-refractivity contribution in [3.8, 4) is 11.3 Å². The van der Waals surface area contributed by atoms with Gasteiger partial charge < -0.3 is 15.1 Å². The van der Waals surface area contributed by atoms with Crippen molar-refractivity contribution in [3.63, 3.8) is 0 Å². The van der Waals surface area contributed by atoms with Gasteiger partial charge in [-0.2, -0.15) is 5.10 Å². The molecule has 0 unspecified atom stereocenters. The summed E-state index contributed by atoms with van der Waals surface area (Å²) in [6, 6.07) is 17.7. The first-order valence-corrected chi connectivity index (χ1v) is 12.7. The van der Waals surface area contributed by atoms with E-state index in [1.54, 1.807) is 11.0 Å². The summed E-state index contributed by atoms with van der Waals surface area (Å²) in [5, 5.41) is 10.2. The number of H-pyrrole nitrogens is 1. The molecular weight excluding hydrogens is 457 g/mol. The van der Waals surface area contributed by atoms with E-state index in [-0.39, 0.29) is 23.7 Å². The van der Waals surface area contributed by atoms with Gasteiger partial charge in [-0.05, 0) is 62.4 Å². The van der Waals surface area contributed by atoms with Gasteiger partial charge in [-0.25, -0.2) is 9.18 Å². The van der Waals surface area contributed by atoms with Gasteiger partial charge in [-0.3, -0.25) is 9.89 Å². The molecule has 1 aliphatic heterocycles. The summed E-state index contributed by atoms with van der Waals surface area (Å²) in [6.45, 7) is 1.90. The molecule has 0 aliphatic carbocycles.